The third-order valence-electron chi connectivity index (χ3n) is 3.98. The number of nitrogens with one attached hydrogen (secondary N) is 4. The maximum atomic E-state index is 12.6. The maximum absolute atomic E-state index is 12.6. The first-order valence-corrected chi connectivity index (χ1v) is 9.08. The van der Waals surface area contributed by atoms with E-state index in [2.05, 4.69) is 38.0 Å². The van der Waals surface area contributed by atoms with E-state index in [0.717, 1.165) is 37.2 Å². The largest absolute Gasteiger partial charge is 0.351 e. The van der Waals surface area contributed by atoms with Crippen LogP contribution in [0.3, 0.4) is 0 Å². The number of thiophene rings is 1. The second kappa shape index (κ2) is 8.03. The highest BCUT2D eigenvalue weighted by atomic mass is 32.1. The van der Waals surface area contributed by atoms with Gasteiger partial charge in [-0.3, -0.25) is 9.89 Å². The number of amides is 3. The van der Waals surface area contributed by atoms with E-state index in [1.807, 2.05) is 6.92 Å². The topological polar surface area (TPSA) is 125 Å². The molecule has 2 aromatic rings. The van der Waals surface area contributed by atoms with Crippen LogP contribution >= 0.6 is 11.3 Å². The van der Waals surface area contributed by atoms with Gasteiger partial charge in [-0.05, 0) is 32.4 Å². The van der Waals surface area contributed by atoms with Crippen LogP contribution in [0.4, 0.5) is 10.5 Å². The van der Waals surface area contributed by atoms with Crippen LogP contribution in [0.5, 0.6) is 0 Å². The molecular weight excluding hydrogens is 352 g/mol. The molecule has 0 aromatic carbocycles. The lowest BCUT2D eigenvalue weighted by atomic mass is 10.1. The number of nitrogens with zero attached hydrogens (tertiary/aromatic N) is 1. The standard InChI is InChI=1S/C17H20N6O2S/c1-10-11(8-20-23-10)4-5-13-7-14(22-17(18)25)15(26-13)16(24)21-12-3-2-6-19-9-12/h7-8,12,19H,2-3,6,9H2,1H3,(H,20,23)(H,21,24)(H3,18,22,25)/t12-/m0/s1. The van der Waals surface area contributed by atoms with Crippen molar-refractivity contribution < 1.29 is 9.59 Å². The predicted molar refractivity (Wildman–Crippen MR) is 100 cm³/mol. The molecule has 0 bridgehead atoms. The second-order valence-corrected chi connectivity index (χ2v) is 7.07. The number of hydrogen-bond donors (Lipinski definition) is 5. The third-order valence-corrected chi connectivity index (χ3v) is 5.03. The number of nitrogens with two attached hydrogens (primary N) is 1. The number of carbonyl (C=O) groups is 2. The van der Waals surface area contributed by atoms with Crippen LogP contribution < -0.4 is 21.7 Å². The van der Waals surface area contributed by atoms with Gasteiger partial charge in [0, 0.05) is 18.3 Å². The van der Waals surface area contributed by atoms with Crippen molar-refractivity contribution in [2.75, 3.05) is 18.4 Å². The minimum absolute atomic E-state index is 0.0721. The van der Waals surface area contributed by atoms with Gasteiger partial charge < -0.3 is 21.7 Å². The fraction of sp³-hybridized carbons (Fsp3) is 0.353. The Morgan fingerprint density at radius 3 is 2.92 bits per heavy atom. The van der Waals surface area contributed by atoms with Gasteiger partial charge in [0.25, 0.3) is 5.91 Å². The van der Waals surface area contributed by atoms with E-state index >= 15 is 0 Å². The molecule has 1 saturated heterocycles. The summed E-state index contributed by atoms with van der Waals surface area (Å²) in [6, 6.07) is 1.01. The molecule has 1 aliphatic rings. The van der Waals surface area contributed by atoms with Gasteiger partial charge in [0.15, 0.2) is 0 Å². The number of rotatable bonds is 3. The van der Waals surface area contributed by atoms with Gasteiger partial charge in [0.2, 0.25) is 0 Å². The number of urea groups is 1. The summed E-state index contributed by atoms with van der Waals surface area (Å²) in [7, 11) is 0. The number of piperidine rings is 1. The Morgan fingerprint density at radius 2 is 2.27 bits per heavy atom. The van der Waals surface area contributed by atoms with E-state index in [9.17, 15) is 9.59 Å². The molecule has 9 heteroatoms. The smallest absolute Gasteiger partial charge is 0.316 e. The molecule has 3 amide bonds. The highest BCUT2D eigenvalue weighted by molar-refractivity contribution is 7.15. The Bertz CT molecular complexity index is 869. The molecule has 3 heterocycles. The molecule has 136 valence electrons. The van der Waals surface area contributed by atoms with Crippen LogP contribution in [-0.4, -0.2) is 41.3 Å². The molecule has 1 aliphatic heterocycles. The van der Waals surface area contributed by atoms with Crippen molar-refractivity contribution in [1.82, 2.24) is 20.8 Å². The molecule has 0 saturated carbocycles. The van der Waals surface area contributed by atoms with E-state index in [-0.39, 0.29) is 11.9 Å². The number of anilines is 1. The zero-order valence-electron chi connectivity index (χ0n) is 14.3. The molecule has 1 atom stereocenters. The second-order valence-electron chi connectivity index (χ2n) is 6.02. The lowest BCUT2D eigenvalue weighted by molar-refractivity contribution is 0.0935. The fourth-order valence-electron chi connectivity index (χ4n) is 2.68. The van der Waals surface area contributed by atoms with Gasteiger partial charge in [0.05, 0.1) is 22.3 Å². The SMILES string of the molecule is Cc1[nH]ncc1C#Cc1cc(NC(N)=O)c(C(=O)N[C@H]2CCCNC2)s1. The summed E-state index contributed by atoms with van der Waals surface area (Å²) in [6.45, 7) is 3.58. The monoisotopic (exact) mass is 372 g/mol. The van der Waals surface area contributed by atoms with Crippen LogP contribution in [0.2, 0.25) is 0 Å². The lowest BCUT2D eigenvalue weighted by Gasteiger charge is -2.23. The van der Waals surface area contributed by atoms with Crippen LogP contribution in [0.1, 0.15) is 38.6 Å². The van der Waals surface area contributed by atoms with E-state index < -0.39 is 6.03 Å². The van der Waals surface area contributed by atoms with Gasteiger partial charge in [-0.15, -0.1) is 11.3 Å². The predicted octanol–water partition coefficient (Wildman–Crippen LogP) is 1.15. The molecule has 2 aromatic heterocycles. The van der Waals surface area contributed by atoms with Gasteiger partial charge in [-0.1, -0.05) is 11.8 Å². The highest BCUT2D eigenvalue weighted by Gasteiger charge is 2.21. The molecular formula is C17H20N6O2S. The Labute approximate surface area is 154 Å². The molecule has 6 N–H and O–H groups in total. The number of aryl methyl sites for hydroxylation is 1. The molecule has 8 nitrogen and oxygen atoms in total. The Morgan fingerprint density at radius 1 is 1.42 bits per heavy atom. The number of hydrogen-bond acceptors (Lipinski definition) is 5. The van der Waals surface area contributed by atoms with Crippen molar-refractivity contribution in [2.24, 2.45) is 5.73 Å². The minimum Gasteiger partial charge on any atom is -0.351 e. The van der Waals surface area contributed by atoms with Crippen LogP contribution in [0, 0.1) is 18.8 Å². The van der Waals surface area contributed by atoms with Gasteiger partial charge >= 0.3 is 6.03 Å². The molecule has 1 fully saturated rings. The number of carbonyl (C=O) groups excluding carboxylic acids is 2. The van der Waals surface area contributed by atoms with Crippen molar-refractivity contribution in [2.45, 2.75) is 25.8 Å². The first-order valence-electron chi connectivity index (χ1n) is 8.27. The fourth-order valence-corrected chi connectivity index (χ4v) is 3.55. The maximum Gasteiger partial charge on any atom is 0.316 e. The molecule has 0 radical (unpaired) electrons. The average molecular weight is 372 g/mol. The van der Waals surface area contributed by atoms with Crippen molar-refractivity contribution in [3.05, 3.63) is 33.3 Å². The van der Waals surface area contributed by atoms with E-state index in [1.54, 1.807) is 12.3 Å². The summed E-state index contributed by atoms with van der Waals surface area (Å²) in [4.78, 5) is 24.9. The van der Waals surface area contributed by atoms with Crippen molar-refractivity contribution in [3.63, 3.8) is 0 Å². The highest BCUT2D eigenvalue weighted by Crippen LogP contribution is 2.27. The molecule has 26 heavy (non-hydrogen) atoms. The number of primary amides is 1. The van der Waals surface area contributed by atoms with E-state index in [0.29, 0.717) is 15.4 Å². The molecule has 3 rings (SSSR count). The Kier molecular flexibility index (Phi) is 5.55. The zero-order chi connectivity index (χ0) is 18.5. The quantitative estimate of drug-likeness (QED) is 0.518. The van der Waals surface area contributed by atoms with E-state index in [4.69, 9.17) is 5.73 Å². The summed E-state index contributed by atoms with van der Waals surface area (Å²) < 4.78 is 0. The summed E-state index contributed by atoms with van der Waals surface area (Å²) in [5.41, 5.74) is 7.24. The first kappa shape index (κ1) is 18.0. The van der Waals surface area contributed by atoms with Gasteiger partial charge in [-0.25, -0.2) is 4.79 Å². The summed E-state index contributed by atoms with van der Waals surface area (Å²) in [5, 5.41) is 15.5. The molecule has 0 spiro atoms. The summed E-state index contributed by atoms with van der Waals surface area (Å²) >= 11 is 1.22. The normalized spacial score (nSPS) is 16.4. The van der Waals surface area contributed by atoms with Crippen LogP contribution in [0.15, 0.2) is 12.3 Å². The van der Waals surface area contributed by atoms with Crippen molar-refractivity contribution in [3.8, 4) is 11.8 Å². The minimum atomic E-state index is -0.721. The summed E-state index contributed by atoms with van der Waals surface area (Å²) in [6.07, 6.45) is 3.58. The number of aromatic amines is 1. The first-order chi connectivity index (χ1) is 12.5. The van der Waals surface area contributed by atoms with E-state index in [1.165, 1.54) is 11.3 Å². The Hall–Kier alpha value is -2.83. The van der Waals surface area contributed by atoms with Gasteiger partial charge in [0.1, 0.15) is 4.88 Å². The average Bonchev–Trinajstić information content (AvgIpc) is 3.19. The molecule has 0 unspecified atom stereocenters. The zero-order valence-corrected chi connectivity index (χ0v) is 15.1. The van der Waals surface area contributed by atoms with Crippen LogP contribution in [0.25, 0.3) is 0 Å². The van der Waals surface area contributed by atoms with Crippen molar-refractivity contribution in [1.29, 1.82) is 0 Å². The van der Waals surface area contributed by atoms with Gasteiger partial charge in [-0.2, -0.15) is 5.10 Å². The number of aromatic nitrogens is 2. The van der Waals surface area contributed by atoms with Crippen molar-refractivity contribution >= 4 is 29.0 Å². The molecule has 0 aliphatic carbocycles. The number of H-pyrrole nitrogens is 1. The Balaban J connectivity index is 1.82. The lowest BCUT2D eigenvalue weighted by Crippen LogP contribution is -2.45. The third kappa shape index (κ3) is 4.41. The summed E-state index contributed by atoms with van der Waals surface area (Å²) in [5.74, 6) is 5.77. The van der Waals surface area contributed by atoms with Crippen LogP contribution in [-0.2, 0) is 0 Å².